The number of nitrogens with zero attached hydrogens (tertiary/aromatic N) is 2. The minimum Gasteiger partial charge on any atom is -0.483 e. The molecule has 0 bridgehead atoms. The van der Waals surface area contributed by atoms with Crippen molar-refractivity contribution >= 4 is 40.4 Å². The van der Waals surface area contributed by atoms with Crippen molar-refractivity contribution in [3.63, 3.8) is 0 Å². The molecule has 0 aromatic heterocycles. The number of aryl methyl sites for hydroxylation is 1. The summed E-state index contributed by atoms with van der Waals surface area (Å²) in [4.78, 5) is 69.8. The van der Waals surface area contributed by atoms with E-state index < -0.39 is 18.0 Å². The molecule has 12 heteroatoms. The SMILES string of the molecule is Cc1ccc2c(OCC(=O)N3CCC[C@H]3C(=O)NC3CCC3)cc(C(=O)N[C@@H](CCC(=O)OCC3CCCC3)C(=O)N3CCNCC3)cc2c1. The normalized spacial score (nSPS) is 20.3. The summed E-state index contributed by atoms with van der Waals surface area (Å²) in [7, 11) is 0. The van der Waals surface area contributed by atoms with Crippen molar-refractivity contribution in [3.8, 4) is 5.75 Å². The van der Waals surface area contributed by atoms with Gasteiger partial charge in [0.25, 0.3) is 11.8 Å². The van der Waals surface area contributed by atoms with Gasteiger partial charge in [-0.1, -0.05) is 36.6 Å². The van der Waals surface area contributed by atoms with Crippen molar-refractivity contribution in [1.82, 2.24) is 25.8 Å². The van der Waals surface area contributed by atoms with Gasteiger partial charge >= 0.3 is 5.97 Å². The highest BCUT2D eigenvalue weighted by molar-refractivity contribution is 6.03. The van der Waals surface area contributed by atoms with E-state index in [2.05, 4.69) is 16.0 Å². The van der Waals surface area contributed by atoms with Gasteiger partial charge in [-0.2, -0.15) is 0 Å². The van der Waals surface area contributed by atoms with E-state index in [9.17, 15) is 24.0 Å². The van der Waals surface area contributed by atoms with E-state index in [1.165, 1.54) is 0 Å². The Morgan fingerprint density at radius 1 is 0.920 bits per heavy atom. The fourth-order valence-corrected chi connectivity index (χ4v) is 7.44. The maximum atomic E-state index is 13.9. The molecule has 4 aliphatic rings. The van der Waals surface area contributed by atoms with Gasteiger partial charge in [-0.25, -0.2) is 0 Å². The highest BCUT2D eigenvalue weighted by Crippen LogP contribution is 2.30. The van der Waals surface area contributed by atoms with Gasteiger partial charge in [0.1, 0.15) is 17.8 Å². The molecule has 2 heterocycles. The molecule has 2 aliphatic carbocycles. The van der Waals surface area contributed by atoms with Gasteiger partial charge in [-0.15, -0.1) is 0 Å². The lowest BCUT2D eigenvalue weighted by Crippen LogP contribution is -2.54. The number of esters is 1. The van der Waals surface area contributed by atoms with E-state index in [0.29, 0.717) is 57.4 Å². The molecular weight excluding hydrogens is 638 g/mol. The van der Waals surface area contributed by atoms with Crippen molar-refractivity contribution < 1.29 is 33.4 Å². The molecule has 0 spiro atoms. The predicted octanol–water partition coefficient (Wildman–Crippen LogP) is 3.23. The zero-order chi connectivity index (χ0) is 35.0. The average Bonchev–Trinajstić information content (AvgIpc) is 3.82. The summed E-state index contributed by atoms with van der Waals surface area (Å²) < 4.78 is 11.7. The van der Waals surface area contributed by atoms with E-state index in [0.717, 1.165) is 67.7 Å². The zero-order valence-electron chi connectivity index (χ0n) is 29.2. The van der Waals surface area contributed by atoms with Crippen LogP contribution in [0.2, 0.25) is 0 Å². The summed E-state index contributed by atoms with van der Waals surface area (Å²) in [5.41, 5.74) is 1.25. The Morgan fingerprint density at radius 2 is 1.70 bits per heavy atom. The summed E-state index contributed by atoms with van der Waals surface area (Å²) >= 11 is 0. The average molecular weight is 690 g/mol. The number of hydrogen-bond acceptors (Lipinski definition) is 8. The maximum Gasteiger partial charge on any atom is 0.305 e. The number of hydrogen-bond donors (Lipinski definition) is 3. The number of fused-ring (bicyclic) bond motifs is 1. The molecule has 0 unspecified atom stereocenters. The molecule has 270 valence electrons. The highest BCUT2D eigenvalue weighted by atomic mass is 16.5. The molecule has 4 amide bonds. The number of amides is 4. The van der Waals surface area contributed by atoms with E-state index in [4.69, 9.17) is 9.47 Å². The molecular formula is C38H51N5O7. The number of nitrogens with one attached hydrogen (secondary N) is 3. The Labute approximate surface area is 294 Å². The summed E-state index contributed by atoms with van der Waals surface area (Å²) in [6, 6.07) is 7.87. The number of piperazine rings is 1. The predicted molar refractivity (Wildman–Crippen MR) is 188 cm³/mol. The van der Waals surface area contributed by atoms with Crippen molar-refractivity contribution in [3.05, 3.63) is 41.5 Å². The fraction of sp³-hybridized carbons (Fsp3) is 0.605. The third-order valence-corrected chi connectivity index (χ3v) is 10.6. The number of carbonyl (C=O) groups excluding carboxylic acids is 5. The number of carbonyl (C=O) groups is 5. The van der Waals surface area contributed by atoms with Crippen molar-refractivity contribution in [2.75, 3.05) is 45.9 Å². The summed E-state index contributed by atoms with van der Waals surface area (Å²) in [6.45, 7) is 4.89. The van der Waals surface area contributed by atoms with Gasteiger partial charge in [-0.05, 0) is 81.7 Å². The van der Waals surface area contributed by atoms with Crippen LogP contribution in [0.1, 0.15) is 86.6 Å². The van der Waals surface area contributed by atoms with Gasteiger partial charge in [0.2, 0.25) is 11.8 Å². The highest BCUT2D eigenvalue weighted by Gasteiger charge is 2.36. The minimum atomic E-state index is -0.919. The molecule has 2 saturated heterocycles. The first-order valence-corrected chi connectivity index (χ1v) is 18.5. The first-order valence-electron chi connectivity index (χ1n) is 18.5. The van der Waals surface area contributed by atoms with E-state index >= 15 is 0 Å². The summed E-state index contributed by atoms with van der Waals surface area (Å²) in [5, 5.41) is 10.7. The molecule has 0 radical (unpaired) electrons. The molecule has 2 aromatic rings. The second-order valence-electron chi connectivity index (χ2n) is 14.3. The summed E-state index contributed by atoms with van der Waals surface area (Å²) in [5.74, 6) is -0.718. The number of ether oxygens (including phenoxy) is 2. The third kappa shape index (κ3) is 8.93. The monoisotopic (exact) mass is 689 g/mol. The Kier molecular flexibility index (Phi) is 11.9. The van der Waals surface area contributed by atoms with Crippen LogP contribution < -0.4 is 20.7 Å². The molecule has 50 heavy (non-hydrogen) atoms. The van der Waals surface area contributed by atoms with Crippen LogP contribution in [0.15, 0.2) is 30.3 Å². The molecule has 12 nitrogen and oxygen atoms in total. The van der Waals surface area contributed by atoms with Crippen LogP contribution >= 0.6 is 0 Å². The lowest BCUT2D eigenvalue weighted by atomic mass is 9.93. The second-order valence-corrected chi connectivity index (χ2v) is 14.3. The van der Waals surface area contributed by atoms with Crippen LogP contribution in [0.5, 0.6) is 5.75 Å². The molecule has 2 aromatic carbocycles. The van der Waals surface area contributed by atoms with E-state index in [1.807, 2.05) is 25.1 Å². The largest absolute Gasteiger partial charge is 0.483 e. The lowest BCUT2D eigenvalue weighted by molar-refractivity contribution is -0.145. The quantitative estimate of drug-likeness (QED) is 0.272. The van der Waals surface area contributed by atoms with Crippen molar-refractivity contribution in [1.29, 1.82) is 0 Å². The standard InChI is InChI=1S/C38H51N5O7/c1-25-11-12-30-27(20-25)21-28(22-33(30)49-24-34(44)43-17-5-10-32(43)37(47)40-29-8-4-9-29)36(46)41-31(38(48)42-18-15-39-16-19-42)13-14-35(45)50-23-26-6-2-3-7-26/h11-12,20-22,26,29,31-32,39H,2-10,13-19,23-24H2,1H3,(H,40,47)(H,41,46)/t31-,32-/m0/s1. The first kappa shape index (κ1) is 35.6. The number of benzene rings is 2. The van der Waals surface area contributed by atoms with Crippen LogP contribution in [0.25, 0.3) is 10.8 Å². The third-order valence-electron chi connectivity index (χ3n) is 10.6. The molecule has 4 fully saturated rings. The first-order chi connectivity index (χ1) is 24.2. The second kappa shape index (κ2) is 16.7. The maximum absolute atomic E-state index is 13.9. The number of rotatable bonds is 13. The molecule has 2 saturated carbocycles. The smallest absolute Gasteiger partial charge is 0.305 e. The van der Waals surface area contributed by atoms with Gasteiger partial charge < -0.3 is 35.2 Å². The van der Waals surface area contributed by atoms with Gasteiger partial charge in [0.15, 0.2) is 6.61 Å². The molecule has 2 aliphatic heterocycles. The molecule has 6 rings (SSSR count). The van der Waals surface area contributed by atoms with Crippen molar-refractivity contribution in [2.24, 2.45) is 5.92 Å². The van der Waals surface area contributed by atoms with Crippen molar-refractivity contribution in [2.45, 2.75) is 95.7 Å². The van der Waals surface area contributed by atoms with Gasteiger partial charge in [0.05, 0.1) is 6.61 Å². The number of likely N-dealkylation sites (tertiary alicyclic amines) is 1. The zero-order valence-corrected chi connectivity index (χ0v) is 29.2. The van der Waals surface area contributed by atoms with Gasteiger partial charge in [-0.3, -0.25) is 24.0 Å². The Hall–Kier alpha value is -4.19. The minimum absolute atomic E-state index is 0.0130. The van der Waals surface area contributed by atoms with Crippen LogP contribution in [0.4, 0.5) is 0 Å². The molecule has 2 atom stereocenters. The van der Waals surface area contributed by atoms with Crippen LogP contribution in [0, 0.1) is 12.8 Å². The summed E-state index contributed by atoms with van der Waals surface area (Å²) in [6.07, 6.45) is 9.01. The van der Waals surface area contributed by atoms with Crippen LogP contribution in [0.3, 0.4) is 0 Å². The van der Waals surface area contributed by atoms with Gasteiger partial charge in [0, 0.05) is 56.1 Å². The Balaban J connectivity index is 1.15. The van der Waals surface area contributed by atoms with E-state index in [1.54, 1.807) is 21.9 Å². The fourth-order valence-electron chi connectivity index (χ4n) is 7.44. The lowest BCUT2D eigenvalue weighted by Gasteiger charge is -2.31. The Morgan fingerprint density at radius 3 is 2.44 bits per heavy atom. The van der Waals surface area contributed by atoms with Crippen LogP contribution in [-0.2, 0) is 23.9 Å². The topological polar surface area (TPSA) is 146 Å². The van der Waals surface area contributed by atoms with Crippen LogP contribution in [-0.4, -0.2) is 103 Å². The Bertz CT molecular complexity index is 1560. The molecule has 3 N–H and O–H groups in total. The van der Waals surface area contributed by atoms with E-state index in [-0.39, 0.29) is 54.7 Å².